The number of hydrogen-bond acceptors (Lipinski definition) is 2. The Hall–Kier alpha value is -0.530. The summed E-state index contributed by atoms with van der Waals surface area (Å²) < 4.78 is 5.89. The lowest BCUT2D eigenvalue weighted by Gasteiger charge is -2.18. The van der Waals surface area contributed by atoms with Crippen molar-refractivity contribution in [2.45, 2.75) is 162 Å². The van der Waals surface area contributed by atoms with Crippen LogP contribution in [0.4, 0.5) is 0 Å². The molecule has 0 saturated carbocycles. The molecular weight excluding hydrogens is 344 g/mol. The number of carbonyl (C=O) groups excluding carboxylic acids is 1. The SMILES string of the molecule is CCCCCCCCCC(CCCCCCCC)OC(=O)CCCCCCC. The third-order valence-electron chi connectivity index (χ3n) is 5.79. The van der Waals surface area contributed by atoms with Crippen molar-refractivity contribution in [3.8, 4) is 0 Å². The molecule has 0 aliphatic carbocycles. The van der Waals surface area contributed by atoms with Crippen molar-refractivity contribution >= 4 is 5.97 Å². The van der Waals surface area contributed by atoms with E-state index in [1.165, 1.54) is 109 Å². The highest BCUT2D eigenvalue weighted by Crippen LogP contribution is 2.18. The van der Waals surface area contributed by atoms with Gasteiger partial charge in [0.2, 0.25) is 0 Å². The molecule has 0 radical (unpaired) electrons. The van der Waals surface area contributed by atoms with Crippen molar-refractivity contribution in [3.63, 3.8) is 0 Å². The highest BCUT2D eigenvalue weighted by atomic mass is 16.5. The van der Waals surface area contributed by atoms with E-state index in [0.717, 1.165) is 19.3 Å². The average Bonchev–Trinajstić information content (AvgIpc) is 2.69. The maximum absolute atomic E-state index is 12.2. The summed E-state index contributed by atoms with van der Waals surface area (Å²) in [6, 6.07) is 0. The highest BCUT2D eigenvalue weighted by molar-refractivity contribution is 5.69. The maximum Gasteiger partial charge on any atom is 0.306 e. The molecule has 1 atom stereocenters. The molecular formula is C26H52O2. The van der Waals surface area contributed by atoms with E-state index in [0.29, 0.717) is 6.42 Å². The smallest absolute Gasteiger partial charge is 0.306 e. The fourth-order valence-electron chi connectivity index (χ4n) is 3.86. The topological polar surface area (TPSA) is 26.3 Å². The third kappa shape index (κ3) is 20.2. The van der Waals surface area contributed by atoms with Gasteiger partial charge < -0.3 is 4.74 Å². The van der Waals surface area contributed by atoms with Gasteiger partial charge in [0.1, 0.15) is 6.10 Å². The van der Waals surface area contributed by atoms with Gasteiger partial charge in [-0.3, -0.25) is 4.79 Å². The molecule has 0 fully saturated rings. The van der Waals surface area contributed by atoms with Gasteiger partial charge in [0.05, 0.1) is 0 Å². The van der Waals surface area contributed by atoms with E-state index in [4.69, 9.17) is 4.74 Å². The first kappa shape index (κ1) is 27.5. The molecule has 0 aromatic rings. The molecule has 2 nitrogen and oxygen atoms in total. The van der Waals surface area contributed by atoms with Gasteiger partial charge in [-0.05, 0) is 32.1 Å². The van der Waals surface area contributed by atoms with Crippen molar-refractivity contribution in [3.05, 3.63) is 0 Å². The van der Waals surface area contributed by atoms with Gasteiger partial charge in [0.25, 0.3) is 0 Å². The number of carbonyl (C=O) groups is 1. The molecule has 0 heterocycles. The molecule has 0 saturated heterocycles. The van der Waals surface area contributed by atoms with Crippen molar-refractivity contribution in [1.29, 1.82) is 0 Å². The van der Waals surface area contributed by atoms with Crippen LogP contribution in [0.25, 0.3) is 0 Å². The van der Waals surface area contributed by atoms with Gasteiger partial charge in [0, 0.05) is 6.42 Å². The summed E-state index contributed by atoms with van der Waals surface area (Å²) in [6.07, 6.45) is 26.1. The fraction of sp³-hybridized carbons (Fsp3) is 0.962. The summed E-state index contributed by atoms with van der Waals surface area (Å²) in [5.74, 6) is 0.0513. The minimum absolute atomic E-state index is 0.0513. The Bertz CT molecular complexity index is 314. The van der Waals surface area contributed by atoms with Crippen LogP contribution < -0.4 is 0 Å². The van der Waals surface area contributed by atoms with Gasteiger partial charge in [-0.15, -0.1) is 0 Å². The molecule has 0 amide bonds. The molecule has 0 rings (SSSR count). The Labute approximate surface area is 177 Å². The summed E-state index contributed by atoms with van der Waals surface area (Å²) in [5, 5.41) is 0. The second-order valence-electron chi connectivity index (χ2n) is 8.74. The monoisotopic (exact) mass is 396 g/mol. The molecule has 0 aromatic heterocycles. The second-order valence-corrected chi connectivity index (χ2v) is 8.74. The molecule has 28 heavy (non-hydrogen) atoms. The summed E-state index contributed by atoms with van der Waals surface area (Å²) in [5.41, 5.74) is 0. The summed E-state index contributed by atoms with van der Waals surface area (Å²) in [6.45, 7) is 6.76. The van der Waals surface area contributed by atoms with E-state index in [2.05, 4.69) is 20.8 Å². The predicted octanol–water partition coefficient (Wildman–Crippen LogP) is 9.15. The van der Waals surface area contributed by atoms with Crippen LogP contribution in [0.1, 0.15) is 156 Å². The zero-order valence-electron chi connectivity index (χ0n) is 19.7. The Morgan fingerprint density at radius 2 is 0.893 bits per heavy atom. The zero-order valence-corrected chi connectivity index (χ0v) is 19.7. The Kier molecular flexibility index (Phi) is 22.3. The van der Waals surface area contributed by atoms with Crippen LogP contribution in [0.15, 0.2) is 0 Å². The number of ether oxygens (including phenoxy) is 1. The van der Waals surface area contributed by atoms with Gasteiger partial charge in [-0.25, -0.2) is 0 Å². The Morgan fingerprint density at radius 1 is 0.536 bits per heavy atom. The summed E-state index contributed by atoms with van der Waals surface area (Å²) in [7, 11) is 0. The zero-order chi connectivity index (χ0) is 20.7. The van der Waals surface area contributed by atoms with Gasteiger partial charge in [-0.2, -0.15) is 0 Å². The third-order valence-corrected chi connectivity index (χ3v) is 5.79. The Morgan fingerprint density at radius 3 is 1.32 bits per heavy atom. The summed E-state index contributed by atoms with van der Waals surface area (Å²) in [4.78, 5) is 12.2. The van der Waals surface area contributed by atoms with Crippen LogP contribution in [0.5, 0.6) is 0 Å². The molecule has 2 heteroatoms. The number of unbranched alkanes of at least 4 members (excludes halogenated alkanes) is 15. The van der Waals surface area contributed by atoms with Crippen molar-refractivity contribution in [2.75, 3.05) is 0 Å². The van der Waals surface area contributed by atoms with Crippen LogP contribution >= 0.6 is 0 Å². The van der Waals surface area contributed by atoms with Crippen molar-refractivity contribution in [1.82, 2.24) is 0 Å². The highest BCUT2D eigenvalue weighted by Gasteiger charge is 2.14. The van der Waals surface area contributed by atoms with Gasteiger partial charge in [-0.1, -0.05) is 117 Å². The molecule has 0 aromatic carbocycles. The molecule has 0 N–H and O–H groups in total. The largest absolute Gasteiger partial charge is 0.462 e. The van der Waals surface area contributed by atoms with E-state index in [9.17, 15) is 4.79 Å². The first-order chi connectivity index (χ1) is 13.7. The van der Waals surface area contributed by atoms with Crippen molar-refractivity contribution in [2.24, 2.45) is 0 Å². The number of hydrogen-bond donors (Lipinski definition) is 0. The quantitative estimate of drug-likeness (QED) is 0.135. The summed E-state index contributed by atoms with van der Waals surface area (Å²) >= 11 is 0. The first-order valence-electron chi connectivity index (χ1n) is 12.9. The van der Waals surface area contributed by atoms with E-state index >= 15 is 0 Å². The van der Waals surface area contributed by atoms with E-state index in [1.807, 2.05) is 0 Å². The van der Waals surface area contributed by atoms with Crippen LogP contribution in [0.2, 0.25) is 0 Å². The minimum atomic E-state index is 0.0513. The lowest BCUT2D eigenvalue weighted by molar-refractivity contribution is -0.150. The van der Waals surface area contributed by atoms with Crippen LogP contribution in [-0.4, -0.2) is 12.1 Å². The van der Waals surface area contributed by atoms with E-state index < -0.39 is 0 Å². The molecule has 168 valence electrons. The normalized spacial score (nSPS) is 12.2. The number of rotatable bonds is 22. The average molecular weight is 397 g/mol. The molecule has 0 spiro atoms. The molecule has 0 bridgehead atoms. The minimum Gasteiger partial charge on any atom is -0.462 e. The molecule has 0 aliphatic heterocycles. The fourth-order valence-corrected chi connectivity index (χ4v) is 3.86. The maximum atomic E-state index is 12.2. The standard InChI is InChI=1S/C26H52O2/c1-4-7-10-13-15-18-20-23-25(22-19-17-14-11-8-5-2)28-26(27)24-21-16-12-9-6-3/h25H,4-24H2,1-3H3. The molecule has 1 unspecified atom stereocenters. The van der Waals surface area contributed by atoms with Gasteiger partial charge >= 0.3 is 5.97 Å². The van der Waals surface area contributed by atoms with Crippen molar-refractivity contribution < 1.29 is 9.53 Å². The van der Waals surface area contributed by atoms with E-state index in [-0.39, 0.29) is 12.1 Å². The Balaban J connectivity index is 4.00. The van der Waals surface area contributed by atoms with Crippen LogP contribution in [0, 0.1) is 0 Å². The first-order valence-corrected chi connectivity index (χ1v) is 12.9. The predicted molar refractivity (Wildman–Crippen MR) is 124 cm³/mol. The lowest BCUT2D eigenvalue weighted by Crippen LogP contribution is -2.18. The van der Waals surface area contributed by atoms with Crippen LogP contribution in [-0.2, 0) is 9.53 Å². The second kappa shape index (κ2) is 22.8. The lowest BCUT2D eigenvalue weighted by atomic mass is 10.0. The van der Waals surface area contributed by atoms with E-state index in [1.54, 1.807) is 0 Å². The molecule has 0 aliphatic rings. The number of esters is 1. The van der Waals surface area contributed by atoms with Crippen LogP contribution in [0.3, 0.4) is 0 Å². The van der Waals surface area contributed by atoms with Gasteiger partial charge in [0.15, 0.2) is 0 Å².